The summed E-state index contributed by atoms with van der Waals surface area (Å²) in [7, 11) is 1.33. The highest BCUT2D eigenvalue weighted by atomic mass is 19.1. The van der Waals surface area contributed by atoms with Crippen LogP contribution >= 0.6 is 0 Å². The lowest BCUT2D eigenvalue weighted by Crippen LogP contribution is -1.96. The first kappa shape index (κ1) is 10.5. The molecule has 0 saturated heterocycles. The quantitative estimate of drug-likeness (QED) is 0.851. The molecular formula is C11H9FO4. The zero-order valence-electron chi connectivity index (χ0n) is 8.70. The molecule has 0 amide bonds. The highest BCUT2D eigenvalue weighted by Gasteiger charge is 2.21. The molecule has 1 aromatic carbocycles. The highest BCUT2D eigenvalue weighted by molar-refractivity contribution is 6.04. The second kappa shape index (κ2) is 3.52. The summed E-state index contributed by atoms with van der Waals surface area (Å²) in [5, 5.41) is 9.20. The molecule has 0 aliphatic carbocycles. The zero-order valence-corrected chi connectivity index (χ0v) is 8.70. The number of furan rings is 1. The van der Waals surface area contributed by atoms with E-state index in [1.165, 1.54) is 26.2 Å². The topological polar surface area (TPSA) is 59.7 Å². The van der Waals surface area contributed by atoms with Crippen LogP contribution in [0, 0.1) is 12.7 Å². The molecule has 0 atom stereocenters. The van der Waals surface area contributed by atoms with Gasteiger partial charge in [-0.05, 0) is 19.1 Å². The van der Waals surface area contributed by atoms with Crippen molar-refractivity contribution in [3.05, 3.63) is 29.3 Å². The van der Waals surface area contributed by atoms with E-state index >= 15 is 0 Å². The predicted octanol–water partition coefficient (Wildman–Crippen LogP) is 2.59. The van der Waals surface area contributed by atoms with Gasteiger partial charge in [0.05, 0.1) is 7.11 Å². The van der Waals surface area contributed by atoms with Crippen LogP contribution in [0.2, 0.25) is 0 Å². The standard InChI is InChI=1S/C11H9FO4/c1-5-8(11(13)14)6-3-4-7(15-2)9(12)10(6)16-5/h3-4H,1-2H3,(H,13,14). The maximum absolute atomic E-state index is 13.7. The maximum Gasteiger partial charge on any atom is 0.339 e. The Bertz CT molecular complexity index is 571. The molecule has 1 aromatic heterocycles. The first-order valence-corrected chi connectivity index (χ1v) is 4.55. The van der Waals surface area contributed by atoms with Crippen LogP contribution in [0.25, 0.3) is 11.0 Å². The van der Waals surface area contributed by atoms with Crippen molar-refractivity contribution in [2.45, 2.75) is 6.92 Å². The zero-order chi connectivity index (χ0) is 11.9. The van der Waals surface area contributed by atoms with Gasteiger partial charge in [0, 0.05) is 5.39 Å². The van der Waals surface area contributed by atoms with Crippen molar-refractivity contribution < 1.29 is 23.4 Å². The third-order valence-corrected chi connectivity index (χ3v) is 2.37. The van der Waals surface area contributed by atoms with E-state index in [2.05, 4.69) is 0 Å². The van der Waals surface area contributed by atoms with Gasteiger partial charge >= 0.3 is 5.97 Å². The average Bonchev–Trinajstić information content (AvgIpc) is 2.56. The fourth-order valence-electron chi connectivity index (χ4n) is 1.65. The third kappa shape index (κ3) is 1.32. The number of halogens is 1. The molecule has 0 fully saturated rings. The summed E-state index contributed by atoms with van der Waals surface area (Å²) in [6, 6.07) is 2.84. The summed E-state index contributed by atoms with van der Waals surface area (Å²) in [5.74, 6) is -1.62. The minimum Gasteiger partial charge on any atom is -0.494 e. The van der Waals surface area contributed by atoms with Crippen LogP contribution < -0.4 is 4.74 Å². The maximum atomic E-state index is 13.7. The van der Waals surface area contributed by atoms with Gasteiger partial charge in [-0.15, -0.1) is 0 Å². The molecule has 1 heterocycles. The minimum atomic E-state index is -1.14. The Hall–Kier alpha value is -2.04. The Kier molecular flexibility index (Phi) is 2.30. The molecule has 2 rings (SSSR count). The monoisotopic (exact) mass is 224 g/mol. The summed E-state index contributed by atoms with van der Waals surface area (Å²) in [6.07, 6.45) is 0. The molecule has 0 aliphatic rings. The van der Waals surface area contributed by atoms with Crippen LogP contribution in [0.3, 0.4) is 0 Å². The van der Waals surface area contributed by atoms with E-state index in [-0.39, 0.29) is 28.0 Å². The SMILES string of the molecule is COc1ccc2c(C(=O)O)c(C)oc2c1F. The highest BCUT2D eigenvalue weighted by Crippen LogP contribution is 2.32. The smallest absolute Gasteiger partial charge is 0.339 e. The van der Waals surface area contributed by atoms with Crippen LogP contribution in [0.1, 0.15) is 16.1 Å². The molecule has 2 aromatic rings. The molecule has 84 valence electrons. The molecule has 0 radical (unpaired) electrons. The molecule has 4 nitrogen and oxygen atoms in total. The van der Waals surface area contributed by atoms with Gasteiger partial charge in [-0.25, -0.2) is 4.79 Å². The van der Waals surface area contributed by atoms with Crippen molar-refractivity contribution in [2.75, 3.05) is 7.11 Å². The average molecular weight is 224 g/mol. The first-order chi connectivity index (χ1) is 7.56. The van der Waals surface area contributed by atoms with Gasteiger partial charge in [0.15, 0.2) is 11.3 Å². The molecular weight excluding hydrogens is 215 g/mol. The van der Waals surface area contributed by atoms with Crippen LogP contribution in [0.4, 0.5) is 4.39 Å². The van der Waals surface area contributed by atoms with Crippen LogP contribution in [0.5, 0.6) is 5.75 Å². The fraction of sp³-hybridized carbons (Fsp3) is 0.182. The van der Waals surface area contributed by atoms with Gasteiger partial charge in [-0.3, -0.25) is 0 Å². The predicted molar refractivity (Wildman–Crippen MR) is 54.4 cm³/mol. The Balaban J connectivity index is 2.84. The number of benzene rings is 1. The van der Waals surface area contributed by atoms with Crippen LogP contribution in [-0.2, 0) is 0 Å². The Morgan fingerprint density at radius 1 is 1.50 bits per heavy atom. The molecule has 0 unspecified atom stereocenters. The largest absolute Gasteiger partial charge is 0.494 e. The summed E-state index contributed by atoms with van der Waals surface area (Å²) in [5.41, 5.74) is -0.106. The fourth-order valence-corrected chi connectivity index (χ4v) is 1.65. The van der Waals surface area contributed by atoms with Crippen molar-refractivity contribution in [2.24, 2.45) is 0 Å². The number of aromatic carboxylic acids is 1. The number of hydrogen-bond acceptors (Lipinski definition) is 3. The molecule has 1 N–H and O–H groups in total. The number of carboxylic acid groups (broad SMARTS) is 1. The molecule has 0 aliphatic heterocycles. The molecule has 0 spiro atoms. The van der Waals surface area contributed by atoms with Gasteiger partial charge in [0.2, 0.25) is 5.82 Å². The summed E-state index contributed by atoms with van der Waals surface area (Å²) in [6.45, 7) is 1.48. The first-order valence-electron chi connectivity index (χ1n) is 4.55. The normalized spacial score (nSPS) is 10.7. The lowest BCUT2D eigenvalue weighted by molar-refractivity contribution is 0.0697. The van der Waals surface area contributed by atoms with E-state index in [0.29, 0.717) is 0 Å². The van der Waals surface area contributed by atoms with E-state index < -0.39 is 11.8 Å². The second-order valence-corrected chi connectivity index (χ2v) is 3.30. The van der Waals surface area contributed by atoms with Crippen LogP contribution in [-0.4, -0.2) is 18.2 Å². The number of carbonyl (C=O) groups is 1. The summed E-state index contributed by atoms with van der Waals surface area (Å²) in [4.78, 5) is 10.9. The van der Waals surface area contributed by atoms with Crippen LogP contribution in [0.15, 0.2) is 16.5 Å². The second-order valence-electron chi connectivity index (χ2n) is 3.30. The molecule has 0 bridgehead atoms. The molecule has 16 heavy (non-hydrogen) atoms. The van der Waals surface area contributed by atoms with Gasteiger partial charge in [0.1, 0.15) is 11.3 Å². The minimum absolute atomic E-state index is 0.0171. The number of fused-ring (bicyclic) bond motifs is 1. The van der Waals surface area contributed by atoms with Crippen molar-refractivity contribution in [1.82, 2.24) is 0 Å². The van der Waals surface area contributed by atoms with E-state index in [9.17, 15) is 9.18 Å². The van der Waals surface area contributed by atoms with Crippen molar-refractivity contribution in [3.8, 4) is 5.75 Å². The van der Waals surface area contributed by atoms with Gasteiger partial charge < -0.3 is 14.3 Å². The van der Waals surface area contributed by atoms with E-state index in [0.717, 1.165) is 0 Å². The number of aryl methyl sites for hydroxylation is 1. The third-order valence-electron chi connectivity index (χ3n) is 2.37. The van der Waals surface area contributed by atoms with Crippen molar-refractivity contribution in [1.29, 1.82) is 0 Å². The van der Waals surface area contributed by atoms with Crippen molar-refractivity contribution in [3.63, 3.8) is 0 Å². The number of methoxy groups -OCH3 is 1. The van der Waals surface area contributed by atoms with Gasteiger partial charge in [0.25, 0.3) is 0 Å². The number of carboxylic acids is 1. The Morgan fingerprint density at radius 2 is 2.19 bits per heavy atom. The summed E-state index contributed by atoms with van der Waals surface area (Å²) >= 11 is 0. The molecule has 0 saturated carbocycles. The van der Waals surface area contributed by atoms with Gasteiger partial charge in [-0.2, -0.15) is 4.39 Å². The lowest BCUT2D eigenvalue weighted by atomic mass is 10.1. The van der Waals surface area contributed by atoms with E-state index in [4.69, 9.17) is 14.3 Å². The number of hydrogen-bond donors (Lipinski definition) is 1. The lowest BCUT2D eigenvalue weighted by Gasteiger charge is -2.00. The summed E-state index contributed by atoms with van der Waals surface area (Å²) < 4.78 is 23.6. The van der Waals surface area contributed by atoms with E-state index in [1.54, 1.807) is 0 Å². The van der Waals surface area contributed by atoms with Crippen molar-refractivity contribution >= 4 is 16.9 Å². The van der Waals surface area contributed by atoms with E-state index in [1.807, 2.05) is 0 Å². The van der Waals surface area contributed by atoms with Gasteiger partial charge in [-0.1, -0.05) is 0 Å². The number of rotatable bonds is 2. The molecule has 5 heteroatoms. The Morgan fingerprint density at radius 3 is 2.75 bits per heavy atom. The number of ether oxygens (including phenoxy) is 1. The Labute approximate surface area is 90.2 Å².